The van der Waals surface area contributed by atoms with E-state index < -0.39 is 11.8 Å². The van der Waals surface area contributed by atoms with E-state index in [2.05, 4.69) is 20.8 Å². The standard InChI is InChI=1S/C19H15ClN4O3/c20-15-5-7-16(8-6-15)27-12-13-1-3-14(4-2-13)18(25)23-24-19(26)17-11-21-9-10-22-17/h1-11H,12H2,(H,23,25)(H,24,26). The third kappa shape index (κ3) is 5.26. The molecular formula is C19H15ClN4O3. The molecule has 0 fully saturated rings. The van der Waals surface area contributed by atoms with E-state index in [9.17, 15) is 9.59 Å². The summed E-state index contributed by atoms with van der Waals surface area (Å²) >= 11 is 5.83. The van der Waals surface area contributed by atoms with Gasteiger partial charge in [-0.3, -0.25) is 25.4 Å². The minimum absolute atomic E-state index is 0.104. The second-order valence-corrected chi connectivity index (χ2v) is 5.87. The van der Waals surface area contributed by atoms with Crippen LogP contribution in [0.4, 0.5) is 0 Å². The summed E-state index contributed by atoms with van der Waals surface area (Å²) in [6.07, 6.45) is 4.14. The van der Waals surface area contributed by atoms with Crippen molar-refractivity contribution in [3.05, 3.63) is 89.0 Å². The predicted molar refractivity (Wildman–Crippen MR) is 99.2 cm³/mol. The molecule has 0 unspecified atom stereocenters. The van der Waals surface area contributed by atoms with Crippen LogP contribution < -0.4 is 15.6 Å². The van der Waals surface area contributed by atoms with Gasteiger partial charge in [-0.1, -0.05) is 23.7 Å². The van der Waals surface area contributed by atoms with Crippen LogP contribution in [0.1, 0.15) is 26.4 Å². The van der Waals surface area contributed by atoms with Gasteiger partial charge in [-0.25, -0.2) is 4.98 Å². The highest BCUT2D eigenvalue weighted by atomic mass is 35.5. The van der Waals surface area contributed by atoms with E-state index in [-0.39, 0.29) is 5.69 Å². The number of hydrogen-bond acceptors (Lipinski definition) is 5. The Morgan fingerprint density at radius 3 is 2.30 bits per heavy atom. The molecule has 1 aromatic heterocycles. The van der Waals surface area contributed by atoms with Crippen molar-refractivity contribution in [2.75, 3.05) is 0 Å². The number of nitrogens with zero attached hydrogens (tertiary/aromatic N) is 2. The first-order valence-corrected chi connectivity index (χ1v) is 8.33. The van der Waals surface area contributed by atoms with Gasteiger partial charge in [0.25, 0.3) is 11.8 Å². The first kappa shape index (κ1) is 18.3. The van der Waals surface area contributed by atoms with E-state index in [0.29, 0.717) is 22.9 Å². The van der Waals surface area contributed by atoms with Crippen LogP contribution in [0.5, 0.6) is 5.75 Å². The highest BCUT2D eigenvalue weighted by molar-refractivity contribution is 6.30. The van der Waals surface area contributed by atoms with Gasteiger partial charge in [-0.15, -0.1) is 0 Å². The van der Waals surface area contributed by atoms with Crippen molar-refractivity contribution in [1.82, 2.24) is 20.8 Å². The normalized spacial score (nSPS) is 10.1. The van der Waals surface area contributed by atoms with Crippen LogP contribution in [0.3, 0.4) is 0 Å². The Morgan fingerprint density at radius 2 is 1.63 bits per heavy atom. The lowest BCUT2D eigenvalue weighted by molar-refractivity contribution is 0.0843. The molecule has 0 aliphatic rings. The Morgan fingerprint density at radius 1 is 0.926 bits per heavy atom. The third-order valence-corrected chi connectivity index (χ3v) is 3.77. The predicted octanol–water partition coefficient (Wildman–Crippen LogP) is 2.78. The van der Waals surface area contributed by atoms with Crippen LogP contribution in [-0.2, 0) is 6.61 Å². The van der Waals surface area contributed by atoms with Crippen molar-refractivity contribution in [3.63, 3.8) is 0 Å². The Hall–Kier alpha value is -3.45. The first-order chi connectivity index (χ1) is 13.1. The molecule has 3 rings (SSSR count). The van der Waals surface area contributed by atoms with Gasteiger partial charge in [0.2, 0.25) is 0 Å². The molecule has 0 bridgehead atoms. The van der Waals surface area contributed by atoms with Crippen molar-refractivity contribution in [2.45, 2.75) is 6.61 Å². The number of rotatable bonds is 5. The number of nitrogens with one attached hydrogen (secondary N) is 2. The fraction of sp³-hybridized carbons (Fsp3) is 0.0526. The summed E-state index contributed by atoms with van der Waals surface area (Å²) in [5.41, 5.74) is 6.01. The molecule has 0 aliphatic carbocycles. The largest absolute Gasteiger partial charge is 0.489 e. The quantitative estimate of drug-likeness (QED) is 0.662. The number of carbonyl (C=O) groups excluding carboxylic acids is 2. The zero-order chi connectivity index (χ0) is 19.1. The summed E-state index contributed by atoms with van der Waals surface area (Å²) in [5.74, 6) is -0.296. The van der Waals surface area contributed by atoms with Gasteiger partial charge in [0.05, 0.1) is 6.20 Å². The molecule has 2 N–H and O–H groups in total. The van der Waals surface area contributed by atoms with Crippen LogP contribution in [0, 0.1) is 0 Å². The Balaban J connectivity index is 1.51. The maximum absolute atomic E-state index is 12.1. The lowest BCUT2D eigenvalue weighted by atomic mass is 10.1. The summed E-state index contributed by atoms with van der Waals surface area (Å²) in [7, 11) is 0. The van der Waals surface area contributed by atoms with Crippen molar-refractivity contribution in [3.8, 4) is 5.75 Å². The SMILES string of the molecule is O=C(NNC(=O)c1cnccn1)c1ccc(COc2ccc(Cl)cc2)cc1. The first-order valence-electron chi connectivity index (χ1n) is 7.96. The third-order valence-electron chi connectivity index (χ3n) is 3.52. The molecule has 8 heteroatoms. The molecule has 0 spiro atoms. The lowest BCUT2D eigenvalue weighted by Crippen LogP contribution is -2.41. The average Bonchev–Trinajstić information content (AvgIpc) is 2.72. The molecule has 1 heterocycles. The molecule has 7 nitrogen and oxygen atoms in total. The van der Waals surface area contributed by atoms with Crippen molar-refractivity contribution in [1.29, 1.82) is 0 Å². The molecule has 27 heavy (non-hydrogen) atoms. The van der Waals surface area contributed by atoms with Crippen LogP contribution >= 0.6 is 11.6 Å². The minimum atomic E-state index is -0.551. The molecule has 0 aliphatic heterocycles. The molecule has 2 aromatic carbocycles. The average molecular weight is 383 g/mol. The number of benzene rings is 2. The van der Waals surface area contributed by atoms with E-state index in [4.69, 9.17) is 16.3 Å². The summed E-state index contributed by atoms with van der Waals surface area (Å²) in [4.78, 5) is 31.6. The van der Waals surface area contributed by atoms with Gasteiger partial charge < -0.3 is 4.74 Å². The molecule has 2 amide bonds. The Labute approximate surface area is 160 Å². The number of hydrazine groups is 1. The summed E-state index contributed by atoms with van der Waals surface area (Å²) in [5, 5.41) is 0.643. The van der Waals surface area contributed by atoms with E-state index >= 15 is 0 Å². The van der Waals surface area contributed by atoms with Crippen molar-refractivity contribution < 1.29 is 14.3 Å². The molecule has 0 saturated carbocycles. The maximum atomic E-state index is 12.1. The maximum Gasteiger partial charge on any atom is 0.289 e. The summed E-state index contributed by atoms with van der Waals surface area (Å²) in [6.45, 7) is 0.354. The molecule has 0 atom stereocenters. The van der Waals surface area contributed by atoms with Crippen LogP contribution in [0.25, 0.3) is 0 Å². The number of ether oxygens (including phenoxy) is 1. The monoisotopic (exact) mass is 382 g/mol. The van der Waals surface area contributed by atoms with Crippen LogP contribution in [-0.4, -0.2) is 21.8 Å². The van der Waals surface area contributed by atoms with Crippen molar-refractivity contribution in [2.24, 2.45) is 0 Å². The van der Waals surface area contributed by atoms with Gasteiger partial charge in [-0.2, -0.15) is 0 Å². The zero-order valence-electron chi connectivity index (χ0n) is 14.1. The van der Waals surface area contributed by atoms with Gasteiger partial charge >= 0.3 is 0 Å². The van der Waals surface area contributed by atoms with E-state index in [1.54, 1.807) is 48.5 Å². The van der Waals surface area contributed by atoms with E-state index in [1.165, 1.54) is 18.6 Å². The van der Waals surface area contributed by atoms with Crippen LogP contribution in [0.15, 0.2) is 67.1 Å². The van der Waals surface area contributed by atoms with Crippen LogP contribution in [0.2, 0.25) is 5.02 Å². The van der Waals surface area contributed by atoms with Gasteiger partial charge in [0, 0.05) is 23.0 Å². The topological polar surface area (TPSA) is 93.2 Å². The van der Waals surface area contributed by atoms with Gasteiger partial charge in [-0.05, 0) is 42.0 Å². The smallest absolute Gasteiger partial charge is 0.289 e. The fourth-order valence-corrected chi connectivity index (χ4v) is 2.24. The summed E-state index contributed by atoms with van der Waals surface area (Å²) < 4.78 is 5.65. The molecule has 0 saturated heterocycles. The Kier molecular flexibility index (Phi) is 5.96. The highest BCUT2D eigenvalue weighted by Gasteiger charge is 2.10. The fourth-order valence-electron chi connectivity index (χ4n) is 2.12. The second-order valence-electron chi connectivity index (χ2n) is 5.44. The van der Waals surface area contributed by atoms with E-state index in [1.807, 2.05) is 0 Å². The molecule has 136 valence electrons. The van der Waals surface area contributed by atoms with Gasteiger partial charge in [0.1, 0.15) is 18.1 Å². The molecule has 0 radical (unpaired) electrons. The second kappa shape index (κ2) is 8.77. The number of hydrogen-bond donors (Lipinski definition) is 2. The Bertz CT molecular complexity index is 916. The number of halogens is 1. The highest BCUT2D eigenvalue weighted by Crippen LogP contribution is 2.17. The van der Waals surface area contributed by atoms with Gasteiger partial charge in [0.15, 0.2) is 0 Å². The summed E-state index contributed by atoms with van der Waals surface area (Å²) in [6, 6.07) is 13.9. The van der Waals surface area contributed by atoms with Crippen molar-refractivity contribution >= 4 is 23.4 Å². The number of aromatic nitrogens is 2. The molecular weight excluding hydrogens is 368 g/mol. The lowest BCUT2D eigenvalue weighted by Gasteiger charge is -2.08. The number of amides is 2. The number of carbonyl (C=O) groups is 2. The van der Waals surface area contributed by atoms with E-state index in [0.717, 1.165) is 5.56 Å². The zero-order valence-corrected chi connectivity index (χ0v) is 14.8. The minimum Gasteiger partial charge on any atom is -0.489 e. The molecule has 3 aromatic rings.